The number of amides is 1. The van der Waals surface area contributed by atoms with E-state index in [9.17, 15) is 9.59 Å². The van der Waals surface area contributed by atoms with Gasteiger partial charge in [0.2, 0.25) is 0 Å². The Labute approximate surface area is 119 Å². The summed E-state index contributed by atoms with van der Waals surface area (Å²) in [6.45, 7) is 5.69. The van der Waals surface area contributed by atoms with Crippen molar-refractivity contribution < 1.29 is 14.3 Å². The molecule has 0 spiro atoms. The van der Waals surface area contributed by atoms with Crippen molar-refractivity contribution in [2.45, 2.75) is 33.2 Å². The molecule has 3 N–H and O–H groups in total. The van der Waals surface area contributed by atoms with Crippen LogP contribution in [0.15, 0.2) is 24.3 Å². The van der Waals surface area contributed by atoms with Gasteiger partial charge in [-0.1, -0.05) is 26.0 Å². The lowest BCUT2D eigenvalue weighted by atomic mass is 10.1. The zero-order chi connectivity index (χ0) is 15.1. The van der Waals surface area contributed by atoms with Crippen molar-refractivity contribution in [3.05, 3.63) is 29.8 Å². The first-order valence-electron chi connectivity index (χ1n) is 6.68. The summed E-state index contributed by atoms with van der Waals surface area (Å²) in [6, 6.07) is 7.02. The lowest BCUT2D eigenvalue weighted by Crippen LogP contribution is -2.38. The summed E-state index contributed by atoms with van der Waals surface area (Å²) in [5.74, 6) is -0.372. The summed E-state index contributed by atoms with van der Waals surface area (Å²) >= 11 is 0. The normalized spacial score (nSPS) is 12.0. The predicted octanol–water partition coefficient (Wildman–Crippen LogP) is 1.52. The van der Waals surface area contributed by atoms with E-state index in [2.05, 4.69) is 5.32 Å². The van der Waals surface area contributed by atoms with E-state index in [4.69, 9.17) is 10.5 Å². The van der Waals surface area contributed by atoms with Gasteiger partial charge in [-0.2, -0.15) is 0 Å². The highest BCUT2D eigenvalue weighted by atomic mass is 16.5. The van der Waals surface area contributed by atoms with Crippen LogP contribution in [0.4, 0.5) is 5.69 Å². The third kappa shape index (κ3) is 5.73. The van der Waals surface area contributed by atoms with E-state index in [0.29, 0.717) is 11.6 Å². The Kier molecular flexibility index (Phi) is 6.03. The fourth-order valence-corrected chi connectivity index (χ4v) is 1.46. The van der Waals surface area contributed by atoms with Gasteiger partial charge in [0.05, 0.1) is 6.42 Å². The fourth-order valence-electron chi connectivity index (χ4n) is 1.46. The Balaban J connectivity index is 2.32. The zero-order valence-corrected chi connectivity index (χ0v) is 12.2. The number of hydrogen-bond acceptors (Lipinski definition) is 4. The first-order valence-corrected chi connectivity index (χ1v) is 6.68. The molecule has 0 aliphatic carbocycles. The van der Waals surface area contributed by atoms with Crippen LogP contribution < -0.4 is 11.1 Å². The van der Waals surface area contributed by atoms with E-state index in [0.717, 1.165) is 5.56 Å². The van der Waals surface area contributed by atoms with Crippen LogP contribution in [0.3, 0.4) is 0 Å². The highest BCUT2D eigenvalue weighted by Crippen LogP contribution is 2.06. The summed E-state index contributed by atoms with van der Waals surface area (Å²) in [5, 5.41) is 2.77. The van der Waals surface area contributed by atoms with Crippen LogP contribution >= 0.6 is 0 Å². The van der Waals surface area contributed by atoms with Crippen molar-refractivity contribution in [2.75, 3.05) is 12.3 Å². The minimum Gasteiger partial charge on any atom is -0.455 e. The van der Waals surface area contributed by atoms with Crippen LogP contribution in [0, 0.1) is 5.92 Å². The van der Waals surface area contributed by atoms with Gasteiger partial charge in [-0.25, -0.2) is 0 Å². The number of ether oxygens (including phenoxy) is 1. The molecule has 110 valence electrons. The van der Waals surface area contributed by atoms with Crippen molar-refractivity contribution in [1.29, 1.82) is 0 Å². The maximum absolute atomic E-state index is 11.6. The first kappa shape index (κ1) is 16.0. The zero-order valence-electron chi connectivity index (χ0n) is 12.2. The number of nitrogens with two attached hydrogens (primary N) is 1. The van der Waals surface area contributed by atoms with Gasteiger partial charge in [0.1, 0.15) is 0 Å². The predicted molar refractivity (Wildman–Crippen MR) is 78.0 cm³/mol. The molecule has 1 unspecified atom stereocenters. The highest BCUT2D eigenvalue weighted by Gasteiger charge is 2.13. The van der Waals surface area contributed by atoms with Crippen molar-refractivity contribution in [3.8, 4) is 0 Å². The molecule has 1 aromatic carbocycles. The number of anilines is 1. The van der Waals surface area contributed by atoms with Crippen molar-refractivity contribution in [3.63, 3.8) is 0 Å². The number of carbonyl (C=O) groups excluding carboxylic acids is 2. The summed E-state index contributed by atoms with van der Waals surface area (Å²) in [6.07, 6.45) is 0.132. The third-order valence-corrected chi connectivity index (χ3v) is 3.08. The van der Waals surface area contributed by atoms with Crippen molar-refractivity contribution in [1.82, 2.24) is 5.32 Å². The monoisotopic (exact) mass is 278 g/mol. The number of nitrogen functional groups attached to an aromatic ring is 1. The van der Waals surface area contributed by atoms with Crippen LogP contribution in [-0.2, 0) is 20.7 Å². The van der Waals surface area contributed by atoms with E-state index >= 15 is 0 Å². The van der Waals surface area contributed by atoms with Gasteiger partial charge in [-0.05, 0) is 30.5 Å². The molecular formula is C15H22N2O3. The molecule has 1 atom stereocenters. The Bertz CT molecular complexity index is 455. The molecule has 0 bridgehead atoms. The Morgan fingerprint density at radius 3 is 2.35 bits per heavy atom. The van der Waals surface area contributed by atoms with Crippen LogP contribution in [0.5, 0.6) is 0 Å². The van der Waals surface area contributed by atoms with E-state index in [-0.39, 0.29) is 25.0 Å². The van der Waals surface area contributed by atoms with Gasteiger partial charge in [-0.15, -0.1) is 0 Å². The van der Waals surface area contributed by atoms with E-state index in [1.165, 1.54) is 0 Å². The summed E-state index contributed by atoms with van der Waals surface area (Å²) in [5.41, 5.74) is 7.01. The second-order valence-corrected chi connectivity index (χ2v) is 5.18. The smallest absolute Gasteiger partial charge is 0.310 e. The van der Waals surface area contributed by atoms with Gasteiger partial charge >= 0.3 is 5.97 Å². The molecule has 5 heteroatoms. The van der Waals surface area contributed by atoms with Gasteiger partial charge < -0.3 is 15.8 Å². The van der Waals surface area contributed by atoms with Crippen LogP contribution in [0.2, 0.25) is 0 Å². The first-order chi connectivity index (χ1) is 9.38. The number of benzene rings is 1. The Morgan fingerprint density at radius 1 is 1.20 bits per heavy atom. The quantitative estimate of drug-likeness (QED) is 0.610. The topological polar surface area (TPSA) is 81.4 Å². The van der Waals surface area contributed by atoms with Crippen LogP contribution in [-0.4, -0.2) is 24.5 Å². The molecule has 1 rings (SSSR count). The molecule has 1 aromatic rings. The standard InChI is InChI=1S/C15H22N2O3/c1-10(2)11(3)17-14(18)9-20-15(19)8-12-4-6-13(16)7-5-12/h4-7,10-11H,8-9,16H2,1-3H3,(H,17,18). The van der Waals surface area contributed by atoms with Gasteiger partial charge in [0.25, 0.3) is 5.91 Å². The summed E-state index contributed by atoms with van der Waals surface area (Å²) < 4.78 is 4.94. The van der Waals surface area contributed by atoms with Crippen molar-refractivity contribution in [2.24, 2.45) is 5.92 Å². The lowest BCUT2D eigenvalue weighted by Gasteiger charge is -2.17. The minimum atomic E-state index is -0.429. The van der Waals surface area contributed by atoms with E-state index < -0.39 is 5.97 Å². The largest absolute Gasteiger partial charge is 0.455 e. The second kappa shape index (κ2) is 7.53. The average Bonchev–Trinajstić information content (AvgIpc) is 2.39. The molecule has 20 heavy (non-hydrogen) atoms. The summed E-state index contributed by atoms with van der Waals surface area (Å²) in [7, 11) is 0. The van der Waals surface area contributed by atoms with Gasteiger partial charge in [0.15, 0.2) is 6.61 Å². The molecule has 0 aromatic heterocycles. The maximum atomic E-state index is 11.6. The van der Waals surface area contributed by atoms with Crippen molar-refractivity contribution >= 4 is 17.6 Å². The number of hydrogen-bond donors (Lipinski definition) is 2. The number of nitrogens with one attached hydrogen (secondary N) is 1. The molecule has 0 radical (unpaired) electrons. The fraction of sp³-hybridized carbons (Fsp3) is 0.467. The van der Waals surface area contributed by atoms with E-state index in [1.807, 2.05) is 20.8 Å². The maximum Gasteiger partial charge on any atom is 0.310 e. The third-order valence-electron chi connectivity index (χ3n) is 3.08. The number of rotatable bonds is 6. The lowest BCUT2D eigenvalue weighted by molar-refractivity contribution is -0.148. The molecule has 0 saturated heterocycles. The molecule has 1 amide bonds. The van der Waals surface area contributed by atoms with Crippen LogP contribution in [0.1, 0.15) is 26.3 Å². The molecule has 0 fully saturated rings. The van der Waals surface area contributed by atoms with E-state index in [1.54, 1.807) is 24.3 Å². The Hall–Kier alpha value is -2.04. The number of esters is 1. The Morgan fingerprint density at radius 2 is 1.80 bits per heavy atom. The SMILES string of the molecule is CC(C)C(C)NC(=O)COC(=O)Cc1ccc(N)cc1. The molecule has 0 aliphatic rings. The molecule has 5 nitrogen and oxygen atoms in total. The molecular weight excluding hydrogens is 256 g/mol. The second-order valence-electron chi connectivity index (χ2n) is 5.18. The van der Waals surface area contributed by atoms with Gasteiger partial charge in [0, 0.05) is 11.7 Å². The van der Waals surface area contributed by atoms with Crippen LogP contribution in [0.25, 0.3) is 0 Å². The highest BCUT2D eigenvalue weighted by molar-refractivity contribution is 5.81. The van der Waals surface area contributed by atoms with Gasteiger partial charge in [-0.3, -0.25) is 9.59 Å². The average molecular weight is 278 g/mol. The molecule has 0 heterocycles. The molecule has 0 aliphatic heterocycles. The minimum absolute atomic E-state index is 0.0540. The summed E-state index contributed by atoms with van der Waals surface area (Å²) in [4.78, 5) is 23.1. The number of carbonyl (C=O) groups is 2. The molecule has 0 saturated carbocycles.